The Hall–Kier alpha value is -2.28. The number of carbonyl (C=O) groups excluding carboxylic acids is 2. The van der Waals surface area contributed by atoms with Crippen LogP contribution < -0.4 is 20.1 Å². The summed E-state index contributed by atoms with van der Waals surface area (Å²) in [7, 11) is 4.40. The first kappa shape index (κ1) is 16.1. The summed E-state index contributed by atoms with van der Waals surface area (Å²) in [6, 6.07) is 4.46. The average molecular weight is 308 g/mol. The Kier molecular flexibility index (Phi) is 5.21. The van der Waals surface area contributed by atoms with Crippen molar-refractivity contribution in [3.63, 3.8) is 0 Å². The van der Waals surface area contributed by atoms with Gasteiger partial charge in [-0.15, -0.1) is 0 Å². The highest BCUT2D eigenvalue weighted by atomic mass is 16.5. The zero-order chi connectivity index (χ0) is 16.1. The molecule has 2 N–H and O–H groups in total. The van der Waals surface area contributed by atoms with E-state index < -0.39 is 0 Å². The molecule has 1 saturated heterocycles. The molecule has 120 valence electrons. The molecule has 0 unspecified atom stereocenters. The molecule has 1 aliphatic rings. The van der Waals surface area contributed by atoms with E-state index in [0.717, 1.165) is 0 Å². The van der Waals surface area contributed by atoms with E-state index in [9.17, 15) is 9.59 Å². The minimum atomic E-state index is -0.379. The highest BCUT2D eigenvalue weighted by Crippen LogP contribution is 2.22. The second kappa shape index (κ2) is 7.13. The maximum absolute atomic E-state index is 12.3. The number of esters is 1. The molecule has 7 heteroatoms. The van der Waals surface area contributed by atoms with Gasteiger partial charge in [0, 0.05) is 24.2 Å². The third kappa shape index (κ3) is 3.67. The van der Waals surface area contributed by atoms with Gasteiger partial charge in [0.25, 0.3) is 5.91 Å². The second-order valence-corrected chi connectivity index (χ2v) is 4.99. The second-order valence-electron chi connectivity index (χ2n) is 4.99. The lowest BCUT2D eigenvalue weighted by Crippen LogP contribution is -2.36. The molecule has 0 aromatic heterocycles. The predicted octanol–water partition coefficient (Wildman–Crippen LogP) is 0.337. The van der Waals surface area contributed by atoms with E-state index in [0.29, 0.717) is 30.0 Å². The van der Waals surface area contributed by atoms with Crippen LogP contribution >= 0.6 is 0 Å². The average Bonchev–Trinajstić information content (AvgIpc) is 3.01. The van der Waals surface area contributed by atoms with Crippen LogP contribution in [-0.4, -0.2) is 51.8 Å². The van der Waals surface area contributed by atoms with Crippen molar-refractivity contribution in [3.8, 4) is 11.5 Å². The van der Waals surface area contributed by atoms with Crippen molar-refractivity contribution in [1.29, 1.82) is 0 Å². The van der Waals surface area contributed by atoms with Crippen molar-refractivity contribution < 1.29 is 23.8 Å². The zero-order valence-corrected chi connectivity index (χ0v) is 12.8. The topological polar surface area (TPSA) is 85.9 Å². The van der Waals surface area contributed by atoms with Crippen LogP contribution in [0.1, 0.15) is 16.8 Å². The molecule has 1 heterocycles. The van der Waals surface area contributed by atoms with E-state index >= 15 is 0 Å². The summed E-state index contributed by atoms with van der Waals surface area (Å²) in [5.41, 5.74) is 0.442. The predicted molar refractivity (Wildman–Crippen MR) is 79.2 cm³/mol. The van der Waals surface area contributed by atoms with Gasteiger partial charge in [0.15, 0.2) is 0 Å². The summed E-state index contributed by atoms with van der Waals surface area (Å²) in [5, 5.41) is 5.91. The Bertz CT molecular complexity index is 539. The Labute approximate surface area is 128 Å². The van der Waals surface area contributed by atoms with Gasteiger partial charge in [-0.3, -0.25) is 9.59 Å². The lowest BCUT2D eigenvalue weighted by Gasteiger charge is -2.13. The van der Waals surface area contributed by atoms with Crippen LogP contribution in [0.3, 0.4) is 0 Å². The quantitative estimate of drug-likeness (QED) is 0.763. The number of nitrogens with one attached hydrogen (secondary N) is 2. The molecule has 1 fully saturated rings. The van der Waals surface area contributed by atoms with Crippen LogP contribution in [0.2, 0.25) is 0 Å². The Balaban J connectivity index is 2.02. The Morgan fingerprint density at radius 2 is 1.77 bits per heavy atom. The van der Waals surface area contributed by atoms with Crippen LogP contribution in [0, 0.1) is 0 Å². The molecule has 1 amide bonds. The van der Waals surface area contributed by atoms with Gasteiger partial charge < -0.3 is 24.8 Å². The highest BCUT2D eigenvalue weighted by Gasteiger charge is 2.31. The smallest absolute Gasteiger partial charge is 0.322 e. The standard InChI is InChI=1S/C15H20N2O5/c1-20-11-4-9(5-12(7-11)21-2)14(18)17-10-6-13(16-8-10)15(19)22-3/h4-5,7,10,13,16H,6,8H2,1-3H3,(H,17,18)/t10-,13-/m0/s1. The van der Waals surface area contributed by atoms with Crippen LogP contribution in [0.4, 0.5) is 0 Å². The molecule has 7 nitrogen and oxygen atoms in total. The van der Waals surface area contributed by atoms with E-state index in [1.807, 2.05) is 0 Å². The largest absolute Gasteiger partial charge is 0.497 e. The number of rotatable bonds is 5. The lowest BCUT2D eigenvalue weighted by atomic mass is 10.1. The van der Waals surface area contributed by atoms with Gasteiger partial charge in [0.2, 0.25) is 0 Å². The van der Waals surface area contributed by atoms with Crippen molar-refractivity contribution in [2.45, 2.75) is 18.5 Å². The fourth-order valence-corrected chi connectivity index (χ4v) is 2.37. The molecule has 0 radical (unpaired) electrons. The minimum Gasteiger partial charge on any atom is -0.497 e. The molecule has 1 aliphatic heterocycles. The summed E-state index contributed by atoms with van der Waals surface area (Å²) in [6.07, 6.45) is 0.500. The number of carbonyl (C=O) groups is 2. The van der Waals surface area contributed by atoms with E-state index in [1.165, 1.54) is 21.3 Å². The van der Waals surface area contributed by atoms with Crippen LogP contribution in [0.15, 0.2) is 18.2 Å². The molecule has 0 spiro atoms. The molecule has 2 atom stereocenters. The van der Waals surface area contributed by atoms with Crippen molar-refractivity contribution >= 4 is 11.9 Å². The molecule has 0 aliphatic carbocycles. The number of hydrogen-bond acceptors (Lipinski definition) is 6. The number of benzene rings is 1. The zero-order valence-electron chi connectivity index (χ0n) is 12.8. The van der Waals surface area contributed by atoms with Crippen molar-refractivity contribution in [2.24, 2.45) is 0 Å². The SMILES string of the molecule is COC(=O)[C@@H]1C[C@H](NC(=O)c2cc(OC)cc(OC)c2)CN1. The van der Waals surface area contributed by atoms with Gasteiger partial charge in [-0.05, 0) is 18.6 Å². The minimum absolute atomic E-state index is 0.131. The number of amides is 1. The summed E-state index contributed by atoms with van der Waals surface area (Å²) in [5.74, 6) is 0.525. The van der Waals surface area contributed by atoms with Crippen molar-refractivity contribution in [3.05, 3.63) is 23.8 Å². The number of ether oxygens (including phenoxy) is 3. The van der Waals surface area contributed by atoms with Gasteiger partial charge >= 0.3 is 5.97 Å². The molecule has 0 saturated carbocycles. The Morgan fingerprint density at radius 1 is 1.14 bits per heavy atom. The van der Waals surface area contributed by atoms with Crippen molar-refractivity contribution in [2.75, 3.05) is 27.9 Å². The molecular formula is C15H20N2O5. The van der Waals surface area contributed by atoms with Gasteiger partial charge in [-0.1, -0.05) is 0 Å². The Morgan fingerprint density at radius 3 is 2.32 bits per heavy atom. The van der Waals surface area contributed by atoms with Crippen molar-refractivity contribution in [1.82, 2.24) is 10.6 Å². The first-order valence-corrected chi connectivity index (χ1v) is 6.92. The molecule has 2 rings (SSSR count). The number of methoxy groups -OCH3 is 3. The van der Waals surface area contributed by atoms with E-state index in [1.54, 1.807) is 18.2 Å². The first-order valence-electron chi connectivity index (χ1n) is 6.92. The molecule has 1 aromatic rings. The van der Waals surface area contributed by atoms with Gasteiger partial charge in [-0.2, -0.15) is 0 Å². The highest BCUT2D eigenvalue weighted by molar-refractivity contribution is 5.95. The van der Waals surface area contributed by atoms with Crippen LogP contribution in [-0.2, 0) is 9.53 Å². The summed E-state index contributed by atoms with van der Waals surface area (Å²) in [6.45, 7) is 0.520. The maximum Gasteiger partial charge on any atom is 0.322 e. The molecule has 22 heavy (non-hydrogen) atoms. The van der Waals surface area contributed by atoms with Gasteiger partial charge in [-0.25, -0.2) is 0 Å². The molecule has 0 bridgehead atoms. The summed E-state index contributed by atoms with van der Waals surface area (Å²) >= 11 is 0. The fourth-order valence-electron chi connectivity index (χ4n) is 2.37. The summed E-state index contributed by atoms with van der Waals surface area (Å²) in [4.78, 5) is 23.8. The van der Waals surface area contributed by atoms with E-state index in [2.05, 4.69) is 15.4 Å². The third-order valence-corrected chi connectivity index (χ3v) is 3.57. The monoisotopic (exact) mass is 308 g/mol. The van der Waals surface area contributed by atoms with Gasteiger partial charge in [0.05, 0.1) is 21.3 Å². The lowest BCUT2D eigenvalue weighted by molar-refractivity contribution is -0.142. The van der Waals surface area contributed by atoms with Crippen LogP contribution in [0.25, 0.3) is 0 Å². The third-order valence-electron chi connectivity index (χ3n) is 3.57. The fraction of sp³-hybridized carbons (Fsp3) is 0.467. The molecule has 1 aromatic carbocycles. The molecular weight excluding hydrogens is 288 g/mol. The normalized spacial score (nSPS) is 20.3. The van der Waals surface area contributed by atoms with E-state index in [4.69, 9.17) is 9.47 Å². The summed E-state index contributed by atoms with van der Waals surface area (Å²) < 4.78 is 15.0. The van der Waals surface area contributed by atoms with E-state index in [-0.39, 0.29) is 24.0 Å². The number of hydrogen-bond donors (Lipinski definition) is 2. The van der Waals surface area contributed by atoms with Crippen LogP contribution in [0.5, 0.6) is 11.5 Å². The maximum atomic E-state index is 12.3. The van der Waals surface area contributed by atoms with Gasteiger partial charge in [0.1, 0.15) is 17.5 Å². The first-order chi connectivity index (χ1) is 10.6.